The second-order valence-electron chi connectivity index (χ2n) is 7.05. The average molecular weight is 392 g/mol. The van der Waals surface area contributed by atoms with Crippen LogP contribution in [0.3, 0.4) is 0 Å². The summed E-state index contributed by atoms with van der Waals surface area (Å²) in [5.41, 5.74) is 4.50. The zero-order valence-electron chi connectivity index (χ0n) is 17.3. The van der Waals surface area contributed by atoms with Gasteiger partial charge in [-0.05, 0) is 59.2 Å². The first-order valence-electron chi connectivity index (χ1n) is 9.76. The van der Waals surface area contributed by atoms with E-state index in [-0.39, 0.29) is 6.04 Å². The molecule has 0 aromatic carbocycles. The molecule has 1 fully saturated rings. The number of ether oxygens (including phenoxy) is 1. The highest BCUT2D eigenvalue weighted by molar-refractivity contribution is 7.88. The summed E-state index contributed by atoms with van der Waals surface area (Å²) in [5, 5.41) is 0. The van der Waals surface area contributed by atoms with Crippen molar-refractivity contribution >= 4 is 10.0 Å². The van der Waals surface area contributed by atoms with Gasteiger partial charge >= 0.3 is 0 Å². The van der Waals surface area contributed by atoms with E-state index in [9.17, 15) is 8.42 Å². The smallest absolute Gasteiger partial charge is 0.211 e. The predicted octanol–water partition coefficient (Wildman–Crippen LogP) is 2.46. The van der Waals surface area contributed by atoms with Crippen molar-refractivity contribution in [3.8, 4) is 0 Å². The monoisotopic (exact) mass is 391 g/mol. The molecule has 0 unspecified atom stereocenters. The van der Waals surface area contributed by atoms with Crippen LogP contribution in [0.1, 0.15) is 51.4 Å². The van der Waals surface area contributed by atoms with E-state index >= 15 is 0 Å². The Kier molecular flexibility index (Phi) is 14.3. The second-order valence-corrected chi connectivity index (χ2v) is 9.09. The molecule has 0 heterocycles. The number of hydrogen-bond acceptors (Lipinski definition) is 5. The summed E-state index contributed by atoms with van der Waals surface area (Å²) in [6.07, 6.45) is 12.1. The van der Waals surface area contributed by atoms with Gasteiger partial charge in [0.1, 0.15) is 0 Å². The largest absolute Gasteiger partial charge is 0.378 e. The Balaban J connectivity index is 0.00000301. The maximum Gasteiger partial charge on any atom is 0.211 e. The van der Waals surface area contributed by atoms with Crippen LogP contribution in [0.4, 0.5) is 0 Å². The lowest BCUT2D eigenvalue weighted by Crippen LogP contribution is -2.40. The Bertz CT molecular complexity index is 449. The van der Waals surface area contributed by atoms with E-state index in [1.165, 1.54) is 36.9 Å². The Labute approximate surface area is 161 Å². The summed E-state index contributed by atoms with van der Waals surface area (Å²) in [4.78, 5) is 2.29. The summed E-state index contributed by atoms with van der Waals surface area (Å²) in [6.45, 7) is 6.67. The summed E-state index contributed by atoms with van der Waals surface area (Å²) < 4.78 is 30.6. The molecule has 2 N–H and O–H groups in total. The summed E-state index contributed by atoms with van der Waals surface area (Å²) in [7, 11) is 2.24. The third kappa shape index (κ3) is 11.3. The van der Waals surface area contributed by atoms with Gasteiger partial charge in [-0.1, -0.05) is 18.9 Å². The molecular formula is C19H41N3O3S. The molecule has 156 valence electrons. The fraction of sp³-hybridized carbons (Fsp3) is 0.895. The van der Waals surface area contributed by atoms with Crippen LogP contribution in [-0.4, -0.2) is 76.9 Å². The van der Waals surface area contributed by atoms with Crippen LogP contribution in [-0.2, 0) is 14.8 Å². The van der Waals surface area contributed by atoms with E-state index < -0.39 is 10.0 Å². The Morgan fingerprint density at radius 2 is 1.65 bits per heavy atom. The average Bonchev–Trinajstić information content (AvgIpc) is 2.62. The van der Waals surface area contributed by atoms with E-state index in [4.69, 9.17) is 4.74 Å². The van der Waals surface area contributed by atoms with Gasteiger partial charge in [-0.2, -0.15) is 0 Å². The topological polar surface area (TPSA) is 75.9 Å². The number of rotatable bonds is 12. The van der Waals surface area contributed by atoms with Gasteiger partial charge in [0.25, 0.3) is 0 Å². The molecule has 0 radical (unpaired) electrons. The first kappa shape index (κ1) is 25.5. The summed E-state index contributed by atoms with van der Waals surface area (Å²) in [6, 6.07) is 0.146. The maximum absolute atomic E-state index is 11.6. The van der Waals surface area contributed by atoms with Crippen molar-refractivity contribution in [2.24, 2.45) is 5.73 Å². The highest BCUT2D eigenvalue weighted by atomic mass is 32.2. The van der Waals surface area contributed by atoms with Gasteiger partial charge in [-0.15, -0.1) is 6.58 Å². The van der Waals surface area contributed by atoms with E-state index in [1.807, 2.05) is 6.08 Å². The zero-order chi connectivity index (χ0) is 20.0. The van der Waals surface area contributed by atoms with Gasteiger partial charge in [0.15, 0.2) is 0 Å². The lowest BCUT2D eigenvalue weighted by molar-refractivity contribution is 0.0157. The second kappa shape index (κ2) is 14.6. The first-order valence-corrected chi connectivity index (χ1v) is 11.6. The Hall–Kier alpha value is -0.470. The van der Waals surface area contributed by atoms with Gasteiger partial charge < -0.3 is 15.4 Å². The van der Waals surface area contributed by atoms with Crippen LogP contribution in [0.15, 0.2) is 12.7 Å². The van der Waals surface area contributed by atoms with Crippen molar-refractivity contribution in [1.29, 1.82) is 0 Å². The molecule has 26 heavy (non-hydrogen) atoms. The van der Waals surface area contributed by atoms with Crippen LogP contribution in [0.25, 0.3) is 0 Å². The van der Waals surface area contributed by atoms with Crippen molar-refractivity contribution < 1.29 is 13.2 Å². The minimum atomic E-state index is -3.08. The lowest BCUT2D eigenvalue weighted by atomic mass is 9.93. The van der Waals surface area contributed by atoms with Crippen molar-refractivity contribution in [1.82, 2.24) is 9.21 Å². The van der Waals surface area contributed by atoms with Crippen LogP contribution < -0.4 is 5.73 Å². The molecule has 7 heteroatoms. The van der Waals surface area contributed by atoms with Crippen molar-refractivity contribution in [2.75, 3.05) is 47.1 Å². The summed E-state index contributed by atoms with van der Waals surface area (Å²) >= 11 is 0. The summed E-state index contributed by atoms with van der Waals surface area (Å²) in [5.74, 6) is 0. The van der Waals surface area contributed by atoms with Gasteiger partial charge in [0.2, 0.25) is 10.0 Å². The van der Waals surface area contributed by atoms with Crippen LogP contribution in [0.2, 0.25) is 0 Å². The van der Waals surface area contributed by atoms with E-state index in [0.717, 1.165) is 51.8 Å². The molecule has 6 nitrogen and oxygen atoms in total. The molecule has 0 aliphatic heterocycles. The molecule has 0 aromatic heterocycles. The quantitative estimate of drug-likeness (QED) is 0.408. The number of hydrogen-bond donors (Lipinski definition) is 1. The van der Waals surface area contributed by atoms with Crippen molar-refractivity contribution in [3.63, 3.8) is 0 Å². The Morgan fingerprint density at radius 1 is 1.08 bits per heavy atom. The highest BCUT2D eigenvalue weighted by Gasteiger charge is 2.28. The SMILES string of the molecule is C=CCN(C)CCCCCCO[C@H]1CC[C@H](N(C)S(C)(=O)=O)CC1.CN. The molecule has 1 aliphatic rings. The number of nitrogens with zero attached hydrogens (tertiary/aromatic N) is 2. The third-order valence-electron chi connectivity index (χ3n) is 4.91. The van der Waals surface area contributed by atoms with Crippen LogP contribution in [0.5, 0.6) is 0 Å². The minimum Gasteiger partial charge on any atom is -0.378 e. The molecule has 1 aliphatic carbocycles. The van der Waals surface area contributed by atoms with Crippen LogP contribution >= 0.6 is 0 Å². The fourth-order valence-corrected chi connectivity index (χ4v) is 4.00. The molecule has 0 aromatic rings. The van der Waals surface area contributed by atoms with Crippen molar-refractivity contribution in [3.05, 3.63) is 12.7 Å². The minimum absolute atomic E-state index is 0.146. The number of sulfonamides is 1. The zero-order valence-corrected chi connectivity index (χ0v) is 18.1. The predicted molar refractivity (Wildman–Crippen MR) is 111 cm³/mol. The maximum atomic E-state index is 11.6. The standard InChI is InChI=1S/C18H36N2O3S.CH5N/c1-5-14-19(2)15-8-6-7-9-16-23-18-12-10-17(11-13-18)20(3)24(4,21)22;1-2/h5,17-18H,1,6-16H2,2-4H3;2H2,1H3/t17-,18-;. The first-order chi connectivity index (χ1) is 12.3. The molecule has 0 spiro atoms. The Morgan fingerprint density at radius 3 is 2.19 bits per heavy atom. The van der Waals surface area contributed by atoms with Gasteiger partial charge in [0.05, 0.1) is 12.4 Å². The van der Waals surface area contributed by atoms with E-state index in [1.54, 1.807) is 7.05 Å². The molecule has 0 amide bonds. The van der Waals surface area contributed by atoms with Crippen LogP contribution in [0, 0.1) is 0 Å². The normalized spacial score (nSPS) is 20.7. The third-order valence-corrected chi connectivity index (χ3v) is 6.25. The lowest BCUT2D eigenvalue weighted by Gasteiger charge is -2.33. The van der Waals surface area contributed by atoms with E-state index in [2.05, 4.69) is 24.3 Å². The molecular weight excluding hydrogens is 350 g/mol. The molecule has 0 saturated heterocycles. The molecule has 1 rings (SSSR count). The number of unbranched alkanes of at least 4 members (excludes halogenated alkanes) is 3. The molecule has 0 bridgehead atoms. The fourth-order valence-electron chi connectivity index (χ4n) is 3.25. The van der Waals surface area contributed by atoms with E-state index in [0.29, 0.717) is 6.10 Å². The molecule has 1 saturated carbocycles. The number of likely N-dealkylation sites (N-methyl/N-ethyl adjacent to an activating group) is 1. The van der Waals surface area contributed by atoms with Gasteiger partial charge in [-0.3, -0.25) is 0 Å². The van der Waals surface area contributed by atoms with Gasteiger partial charge in [-0.25, -0.2) is 12.7 Å². The van der Waals surface area contributed by atoms with Gasteiger partial charge in [0, 0.05) is 26.2 Å². The number of nitrogens with two attached hydrogens (primary N) is 1. The van der Waals surface area contributed by atoms with Crippen molar-refractivity contribution in [2.45, 2.75) is 63.5 Å². The highest BCUT2D eigenvalue weighted by Crippen LogP contribution is 2.25. The molecule has 0 atom stereocenters.